The van der Waals surface area contributed by atoms with E-state index in [1.165, 1.54) is 0 Å². The molecule has 0 bridgehead atoms. The van der Waals surface area contributed by atoms with Gasteiger partial charge in [-0.05, 0) is 50.6 Å². The third kappa shape index (κ3) is 5.57. The number of carbonyl (C=O) groups is 2. The Kier molecular flexibility index (Phi) is 5.80. The van der Waals surface area contributed by atoms with Gasteiger partial charge >= 0.3 is 0 Å². The third-order valence-corrected chi connectivity index (χ3v) is 4.10. The van der Waals surface area contributed by atoms with Gasteiger partial charge in [-0.1, -0.05) is 30.3 Å². The van der Waals surface area contributed by atoms with E-state index in [2.05, 4.69) is 10.6 Å². The lowest BCUT2D eigenvalue weighted by Gasteiger charge is -2.24. The SMILES string of the molecule is C[C@@H](C(=O)Nc1ccc2ccccc2c1)[NH+](C)CC(=O)NC(C)(C)C. The van der Waals surface area contributed by atoms with E-state index < -0.39 is 0 Å². The average Bonchev–Trinajstić information content (AvgIpc) is 2.52. The number of carbonyl (C=O) groups excluding carboxylic acids is 2. The lowest BCUT2D eigenvalue weighted by Crippen LogP contribution is -3.15. The summed E-state index contributed by atoms with van der Waals surface area (Å²) in [5, 5.41) is 8.08. The maximum Gasteiger partial charge on any atom is 0.282 e. The zero-order valence-electron chi connectivity index (χ0n) is 15.6. The van der Waals surface area contributed by atoms with Crippen molar-refractivity contribution in [2.45, 2.75) is 39.3 Å². The van der Waals surface area contributed by atoms with Gasteiger partial charge in [0.15, 0.2) is 12.6 Å². The number of amides is 2. The molecule has 1 unspecified atom stereocenters. The third-order valence-electron chi connectivity index (χ3n) is 4.10. The van der Waals surface area contributed by atoms with Gasteiger partial charge in [0, 0.05) is 11.2 Å². The molecule has 5 nitrogen and oxygen atoms in total. The van der Waals surface area contributed by atoms with Crippen LogP contribution in [0.3, 0.4) is 0 Å². The Labute approximate surface area is 149 Å². The first-order valence-corrected chi connectivity index (χ1v) is 8.59. The zero-order chi connectivity index (χ0) is 18.6. The molecule has 0 aliphatic carbocycles. The molecule has 25 heavy (non-hydrogen) atoms. The van der Waals surface area contributed by atoms with E-state index in [0.717, 1.165) is 21.4 Å². The van der Waals surface area contributed by atoms with Gasteiger partial charge in [0.05, 0.1) is 7.05 Å². The second-order valence-electron chi connectivity index (χ2n) is 7.59. The number of rotatable bonds is 5. The summed E-state index contributed by atoms with van der Waals surface area (Å²) in [7, 11) is 1.85. The minimum absolute atomic E-state index is 0.0599. The van der Waals surface area contributed by atoms with E-state index in [0.29, 0.717) is 0 Å². The second kappa shape index (κ2) is 7.66. The van der Waals surface area contributed by atoms with E-state index in [1.54, 1.807) is 0 Å². The highest BCUT2D eigenvalue weighted by Gasteiger charge is 2.25. The van der Waals surface area contributed by atoms with Gasteiger partial charge < -0.3 is 15.5 Å². The Hall–Kier alpha value is -2.40. The van der Waals surface area contributed by atoms with Crippen molar-refractivity contribution in [1.29, 1.82) is 0 Å². The predicted octanol–water partition coefficient (Wildman–Crippen LogP) is 1.60. The normalized spacial score (nSPS) is 14.0. The molecule has 5 heteroatoms. The Morgan fingerprint density at radius 1 is 1.08 bits per heavy atom. The lowest BCUT2D eigenvalue weighted by molar-refractivity contribution is -0.885. The maximum atomic E-state index is 12.5. The van der Waals surface area contributed by atoms with Crippen molar-refractivity contribution in [2.24, 2.45) is 0 Å². The van der Waals surface area contributed by atoms with Gasteiger partial charge in [-0.15, -0.1) is 0 Å². The highest BCUT2D eigenvalue weighted by molar-refractivity contribution is 5.96. The first-order valence-electron chi connectivity index (χ1n) is 8.59. The van der Waals surface area contributed by atoms with Crippen molar-refractivity contribution in [3.63, 3.8) is 0 Å². The number of nitrogens with one attached hydrogen (secondary N) is 3. The number of hydrogen-bond acceptors (Lipinski definition) is 2. The second-order valence-corrected chi connectivity index (χ2v) is 7.59. The Morgan fingerprint density at radius 3 is 2.36 bits per heavy atom. The number of hydrogen-bond donors (Lipinski definition) is 3. The van der Waals surface area contributed by atoms with Crippen LogP contribution in [0.5, 0.6) is 0 Å². The van der Waals surface area contributed by atoms with E-state index in [4.69, 9.17) is 0 Å². The first-order chi connectivity index (χ1) is 11.7. The highest BCUT2D eigenvalue weighted by Crippen LogP contribution is 2.18. The van der Waals surface area contributed by atoms with E-state index >= 15 is 0 Å². The van der Waals surface area contributed by atoms with Crippen LogP contribution in [-0.2, 0) is 9.59 Å². The van der Waals surface area contributed by atoms with Crippen LogP contribution >= 0.6 is 0 Å². The molecule has 0 aliphatic rings. The lowest BCUT2D eigenvalue weighted by atomic mass is 10.1. The monoisotopic (exact) mass is 342 g/mol. The van der Waals surface area contributed by atoms with Crippen LogP contribution in [0.4, 0.5) is 5.69 Å². The van der Waals surface area contributed by atoms with Crippen molar-refractivity contribution in [3.05, 3.63) is 42.5 Å². The highest BCUT2D eigenvalue weighted by atomic mass is 16.2. The van der Waals surface area contributed by atoms with Crippen LogP contribution < -0.4 is 15.5 Å². The summed E-state index contributed by atoms with van der Waals surface area (Å²) >= 11 is 0. The summed E-state index contributed by atoms with van der Waals surface area (Å²) in [5.74, 6) is -0.160. The van der Waals surface area contributed by atoms with Gasteiger partial charge in [-0.2, -0.15) is 0 Å². The molecule has 134 valence electrons. The van der Waals surface area contributed by atoms with Crippen molar-refractivity contribution in [3.8, 4) is 0 Å². The smallest absolute Gasteiger partial charge is 0.282 e. The zero-order valence-corrected chi connectivity index (χ0v) is 15.6. The fourth-order valence-corrected chi connectivity index (χ4v) is 2.61. The van der Waals surface area contributed by atoms with Crippen LogP contribution in [0, 0.1) is 0 Å². The molecular formula is C20H28N3O2+. The van der Waals surface area contributed by atoms with E-state index in [-0.39, 0.29) is 29.9 Å². The summed E-state index contributed by atoms with van der Waals surface area (Å²) in [6, 6.07) is 13.5. The molecule has 0 heterocycles. The van der Waals surface area contributed by atoms with Crippen molar-refractivity contribution in [2.75, 3.05) is 18.9 Å². The van der Waals surface area contributed by atoms with Gasteiger partial charge in [-0.3, -0.25) is 9.59 Å². The van der Waals surface area contributed by atoms with Gasteiger partial charge in [-0.25, -0.2) is 0 Å². The largest absolute Gasteiger partial charge is 0.347 e. The molecule has 0 fully saturated rings. The number of quaternary nitrogens is 1. The minimum atomic E-state index is -0.336. The van der Waals surface area contributed by atoms with E-state index in [9.17, 15) is 9.59 Å². The fourth-order valence-electron chi connectivity index (χ4n) is 2.61. The van der Waals surface area contributed by atoms with Crippen LogP contribution in [-0.4, -0.2) is 37.0 Å². The number of likely N-dealkylation sites (N-methyl/N-ethyl adjacent to an activating group) is 1. The minimum Gasteiger partial charge on any atom is -0.347 e. The molecule has 0 spiro atoms. The molecule has 2 amide bonds. The summed E-state index contributed by atoms with van der Waals surface area (Å²) in [5.41, 5.74) is 0.496. The topological polar surface area (TPSA) is 62.6 Å². The number of anilines is 1. The molecule has 0 saturated heterocycles. The number of fused-ring (bicyclic) bond motifs is 1. The quantitative estimate of drug-likeness (QED) is 0.773. The van der Waals surface area contributed by atoms with Crippen LogP contribution in [0.15, 0.2) is 42.5 Å². The molecule has 0 saturated carbocycles. The average molecular weight is 342 g/mol. The summed E-state index contributed by atoms with van der Waals surface area (Å²) in [4.78, 5) is 25.4. The number of benzene rings is 2. The summed E-state index contributed by atoms with van der Waals surface area (Å²) in [6.07, 6.45) is 0. The van der Waals surface area contributed by atoms with Crippen LogP contribution in [0.2, 0.25) is 0 Å². The molecule has 0 aromatic heterocycles. The molecule has 3 N–H and O–H groups in total. The van der Waals surface area contributed by atoms with Gasteiger partial charge in [0.1, 0.15) is 0 Å². The van der Waals surface area contributed by atoms with Crippen molar-refractivity contribution >= 4 is 28.3 Å². The van der Waals surface area contributed by atoms with Crippen LogP contribution in [0.1, 0.15) is 27.7 Å². The molecular weight excluding hydrogens is 314 g/mol. The Bertz CT molecular complexity index is 765. The summed E-state index contributed by atoms with van der Waals surface area (Å²) in [6.45, 7) is 7.90. The standard InChI is InChI=1S/C20H27N3O2/c1-14(23(5)13-18(24)22-20(2,3)4)19(25)21-17-11-10-15-8-6-7-9-16(15)12-17/h6-12,14H,13H2,1-5H3,(H,21,25)(H,22,24)/p+1/t14-/m0/s1. The molecule has 2 aromatic carbocycles. The molecule has 2 aromatic rings. The predicted molar refractivity (Wildman–Crippen MR) is 102 cm³/mol. The maximum absolute atomic E-state index is 12.5. The van der Waals surface area contributed by atoms with Crippen molar-refractivity contribution < 1.29 is 14.5 Å². The first kappa shape index (κ1) is 18.9. The molecule has 2 rings (SSSR count). The molecule has 0 radical (unpaired) electrons. The fraction of sp³-hybridized carbons (Fsp3) is 0.400. The van der Waals surface area contributed by atoms with Gasteiger partial charge in [0.25, 0.3) is 11.8 Å². The molecule has 2 atom stereocenters. The van der Waals surface area contributed by atoms with E-state index in [1.807, 2.05) is 77.2 Å². The summed E-state index contributed by atoms with van der Waals surface area (Å²) < 4.78 is 0. The molecule has 0 aliphatic heterocycles. The Balaban J connectivity index is 1.97. The van der Waals surface area contributed by atoms with Gasteiger partial charge in [0.2, 0.25) is 0 Å². The van der Waals surface area contributed by atoms with Crippen molar-refractivity contribution in [1.82, 2.24) is 5.32 Å². The Morgan fingerprint density at radius 2 is 1.72 bits per heavy atom. The van der Waals surface area contributed by atoms with Crippen LogP contribution in [0.25, 0.3) is 10.8 Å².